The van der Waals surface area contributed by atoms with E-state index in [4.69, 9.17) is 4.74 Å². The molecule has 0 fully saturated rings. The minimum absolute atomic E-state index is 0.0511. The molecule has 0 spiro atoms. The van der Waals surface area contributed by atoms with Crippen LogP contribution >= 0.6 is 0 Å². The van der Waals surface area contributed by atoms with Crippen LogP contribution < -0.4 is 5.32 Å². The monoisotopic (exact) mass is 423 g/mol. The SMILES string of the molecule is CCC[C@H](C)C(=O)Nc1cccc(-c2cc(C(=O)OCC)nn2-c2cccc(F)c2)c1. The van der Waals surface area contributed by atoms with Gasteiger partial charge >= 0.3 is 5.97 Å². The van der Waals surface area contributed by atoms with Crippen molar-refractivity contribution in [2.45, 2.75) is 33.6 Å². The van der Waals surface area contributed by atoms with Crippen LogP contribution in [0.3, 0.4) is 0 Å². The molecule has 0 bridgehead atoms. The van der Waals surface area contributed by atoms with Crippen LogP contribution in [0.15, 0.2) is 54.6 Å². The minimum atomic E-state index is -0.559. The number of anilines is 1. The Labute approximate surface area is 181 Å². The molecule has 3 rings (SSSR count). The summed E-state index contributed by atoms with van der Waals surface area (Å²) in [6.45, 7) is 5.87. The fourth-order valence-corrected chi connectivity index (χ4v) is 3.28. The van der Waals surface area contributed by atoms with Gasteiger partial charge in [-0.25, -0.2) is 13.9 Å². The third-order valence-corrected chi connectivity index (χ3v) is 4.84. The summed E-state index contributed by atoms with van der Waals surface area (Å²) >= 11 is 0. The molecule has 7 heteroatoms. The van der Waals surface area contributed by atoms with Crippen LogP contribution in [0, 0.1) is 11.7 Å². The standard InChI is InChI=1S/C24H26FN3O3/c1-4-8-16(3)23(29)26-19-11-6-9-17(13-19)22-15-21(24(30)31-5-2)27-28(22)20-12-7-10-18(25)14-20/h6-7,9-16H,4-5,8H2,1-3H3,(H,26,29)/t16-/m0/s1. The Hall–Kier alpha value is -3.48. The predicted molar refractivity (Wildman–Crippen MR) is 118 cm³/mol. The molecule has 1 atom stereocenters. The smallest absolute Gasteiger partial charge is 0.358 e. The zero-order valence-electron chi connectivity index (χ0n) is 17.9. The van der Waals surface area contributed by atoms with E-state index in [1.807, 2.05) is 26.0 Å². The highest BCUT2D eigenvalue weighted by Gasteiger charge is 2.19. The molecule has 1 N–H and O–H groups in total. The van der Waals surface area contributed by atoms with Gasteiger partial charge in [0.2, 0.25) is 5.91 Å². The maximum absolute atomic E-state index is 13.8. The van der Waals surface area contributed by atoms with Crippen molar-refractivity contribution in [1.29, 1.82) is 0 Å². The first-order chi connectivity index (χ1) is 14.9. The van der Waals surface area contributed by atoms with E-state index in [0.29, 0.717) is 22.6 Å². The number of amides is 1. The second-order valence-corrected chi connectivity index (χ2v) is 7.29. The number of hydrogen-bond acceptors (Lipinski definition) is 4. The highest BCUT2D eigenvalue weighted by atomic mass is 19.1. The van der Waals surface area contributed by atoms with Gasteiger partial charge in [-0.3, -0.25) is 4.79 Å². The van der Waals surface area contributed by atoms with Gasteiger partial charge in [0.15, 0.2) is 5.69 Å². The molecule has 0 saturated carbocycles. The largest absolute Gasteiger partial charge is 0.461 e. The van der Waals surface area contributed by atoms with Gasteiger partial charge < -0.3 is 10.1 Å². The molecule has 0 aliphatic rings. The average Bonchev–Trinajstić information content (AvgIpc) is 3.20. The molecule has 162 valence electrons. The Balaban J connectivity index is 2.01. The van der Waals surface area contributed by atoms with E-state index < -0.39 is 11.8 Å². The molecule has 0 saturated heterocycles. The number of ether oxygens (including phenoxy) is 1. The molecular weight excluding hydrogens is 397 g/mol. The van der Waals surface area contributed by atoms with E-state index in [0.717, 1.165) is 12.8 Å². The summed E-state index contributed by atoms with van der Waals surface area (Å²) in [5.41, 5.74) is 2.51. The molecule has 2 aromatic carbocycles. The van der Waals surface area contributed by atoms with Crippen molar-refractivity contribution >= 4 is 17.6 Å². The number of nitrogens with one attached hydrogen (secondary N) is 1. The summed E-state index contributed by atoms with van der Waals surface area (Å²) in [5.74, 6) is -1.12. The lowest BCUT2D eigenvalue weighted by Crippen LogP contribution is -2.20. The van der Waals surface area contributed by atoms with Crippen molar-refractivity contribution in [3.8, 4) is 16.9 Å². The van der Waals surface area contributed by atoms with Gasteiger partial charge in [0.25, 0.3) is 0 Å². The fourth-order valence-electron chi connectivity index (χ4n) is 3.28. The second-order valence-electron chi connectivity index (χ2n) is 7.29. The molecule has 0 aliphatic carbocycles. The van der Waals surface area contributed by atoms with Gasteiger partial charge in [0.05, 0.1) is 18.0 Å². The maximum atomic E-state index is 13.8. The van der Waals surface area contributed by atoms with Crippen LogP contribution in [-0.4, -0.2) is 28.3 Å². The quantitative estimate of drug-likeness (QED) is 0.504. The van der Waals surface area contributed by atoms with Crippen LogP contribution in [-0.2, 0) is 9.53 Å². The first-order valence-corrected chi connectivity index (χ1v) is 10.4. The van der Waals surface area contributed by atoms with Crippen molar-refractivity contribution in [2.75, 3.05) is 11.9 Å². The lowest BCUT2D eigenvalue weighted by molar-refractivity contribution is -0.119. The molecule has 1 heterocycles. The summed E-state index contributed by atoms with van der Waals surface area (Å²) in [4.78, 5) is 24.7. The predicted octanol–water partition coefficient (Wildman–Crippen LogP) is 5.23. The Morgan fingerprint density at radius 3 is 2.61 bits per heavy atom. The van der Waals surface area contributed by atoms with E-state index in [-0.39, 0.29) is 24.1 Å². The topological polar surface area (TPSA) is 73.2 Å². The summed E-state index contributed by atoms with van der Waals surface area (Å²) in [6.07, 6.45) is 1.73. The number of carbonyl (C=O) groups is 2. The van der Waals surface area contributed by atoms with Gasteiger partial charge in [-0.1, -0.05) is 38.5 Å². The number of nitrogens with zero attached hydrogens (tertiary/aromatic N) is 2. The third kappa shape index (κ3) is 5.36. The van der Waals surface area contributed by atoms with E-state index in [1.165, 1.54) is 16.8 Å². The number of carbonyl (C=O) groups excluding carboxylic acids is 2. The zero-order valence-corrected chi connectivity index (χ0v) is 17.9. The molecule has 0 aliphatic heterocycles. The van der Waals surface area contributed by atoms with Crippen LogP contribution in [0.4, 0.5) is 10.1 Å². The summed E-state index contributed by atoms with van der Waals surface area (Å²) in [7, 11) is 0. The molecule has 3 aromatic rings. The molecule has 31 heavy (non-hydrogen) atoms. The summed E-state index contributed by atoms with van der Waals surface area (Å²) in [6, 6.07) is 14.8. The second kappa shape index (κ2) is 10.0. The fraction of sp³-hybridized carbons (Fsp3) is 0.292. The van der Waals surface area contributed by atoms with Crippen LogP contribution in [0.1, 0.15) is 44.1 Å². The zero-order chi connectivity index (χ0) is 22.4. The van der Waals surface area contributed by atoms with Gasteiger partial charge in [-0.15, -0.1) is 0 Å². The first kappa shape index (κ1) is 22.2. The van der Waals surface area contributed by atoms with Crippen molar-refractivity contribution in [2.24, 2.45) is 5.92 Å². The highest BCUT2D eigenvalue weighted by Crippen LogP contribution is 2.27. The average molecular weight is 423 g/mol. The van der Waals surface area contributed by atoms with Crippen molar-refractivity contribution < 1.29 is 18.7 Å². The first-order valence-electron chi connectivity index (χ1n) is 10.4. The number of halogens is 1. The van der Waals surface area contributed by atoms with Gasteiger partial charge in [-0.2, -0.15) is 5.10 Å². The number of esters is 1. The lowest BCUT2D eigenvalue weighted by Gasteiger charge is -2.13. The van der Waals surface area contributed by atoms with Crippen molar-refractivity contribution in [3.05, 3.63) is 66.1 Å². The summed E-state index contributed by atoms with van der Waals surface area (Å²) in [5, 5.41) is 7.28. The summed E-state index contributed by atoms with van der Waals surface area (Å²) < 4.78 is 20.4. The Morgan fingerprint density at radius 1 is 1.13 bits per heavy atom. The van der Waals surface area contributed by atoms with Crippen molar-refractivity contribution in [1.82, 2.24) is 9.78 Å². The lowest BCUT2D eigenvalue weighted by atomic mass is 10.0. The highest BCUT2D eigenvalue weighted by molar-refractivity contribution is 5.93. The Morgan fingerprint density at radius 2 is 1.90 bits per heavy atom. The third-order valence-electron chi connectivity index (χ3n) is 4.84. The van der Waals surface area contributed by atoms with Gasteiger partial charge in [0.1, 0.15) is 5.82 Å². The Bertz CT molecular complexity index is 1080. The van der Waals surface area contributed by atoms with E-state index in [9.17, 15) is 14.0 Å². The van der Waals surface area contributed by atoms with Crippen LogP contribution in [0.5, 0.6) is 0 Å². The van der Waals surface area contributed by atoms with Crippen molar-refractivity contribution in [3.63, 3.8) is 0 Å². The van der Waals surface area contributed by atoms with E-state index >= 15 is 0 Å². The van der Waals surface area contributed by atoms with E-state index in [2.05, 4.69) is 10.4 Å². The maximum Gasteiger partial charge on any atom is 0.358 e. The van der Waals surface area contributed by atoms with E-state index in [1.54, 1.807) is 37.3 Å². The number of benzene rings is 2. The van der Waals surface area contributed by atoms with Gasteiger partial charge in [-0.05, 0) is 49.7 Å². The molecule has 6 nitrogen and oxygen atoms in total. The number of rotatable bonds is 8. The molecule has 1 amide bonds. The minimum Gasteiger partial charge on any atom is -0.461 e. The Kier molecular flexibility index (Phi) is 7.18. The van der Waals surface area contributed by atoms with Crippen LogP contribution in [0.25, 0.3) is 16.9 Å². The number of hydrogen-bond donors (Lipinski definition) is 1. The molecule has 0 unspecified atom stereocenters. The molecule has 1 aromatic heterocycles. The van der Waals surface area contributed by atoms with Crippen LogP contribution in [0.2, 0.25) is 0 Å². The number of aromatic nitrogens is 2. The molecule has 0 radical (unpaired) electrons. The van der Waals surface area contributed by atoms with Gasteiger partial charge in [0, 0.05) is 17.2 Å². The molecular formula is C24H26FN3O3. The normalized spacial score (nSPS) is 11.7.